The lowest BCUT2D eigenvalue weighted by atomic mass is 10.3. The van der Waals surface area contributed by atoms with E-state index in [1.54, 1.807) is 0 Å². The summed E-state index contributed by atoms with van der Waals surface area (Å²) in [5.74, 6) is -3.37. The molecule has 9 nitrogen and oxygen atoms in total. The SMILES string of the molecule is Nc1ccc(N2C(=O)CC(SSC(CC(=O)O)C(=O)O)C2=O)nc1. The highest BCUT2D eigenvalue weighted by atomic mass is 33.1. The maximum atomic E-state index is 12.3. The summed E-state index contributed by atoms with van der Waals surface area (Å²) in [7, 11) is 1.64. The summed E-state index contributed by atoms with van der Waals surface area (Å²) in [4.78, 5) is 50.9. The van der Waals surface area contributed by atoms with Gasteiger partial charge in [0, 0.05) is 6.42 Å². The lowest BCUT2D eigenvalue weighted by Gasteiger charge is -2.14. The van der Waals surface area contributed by atoms with Crippen LogP contribution >= 0.6 is 21.6 Å². The van der Waals surface area contributed by atoms with Crippen LogP contribution in [0.4, 0.5) is 11.5 Å². The number of pyridine rings is 1. The molecule has 24 heavy (non-hydrogen) atoms. The van der Waals surface area contributed by atoms with Gasteiger partial charge in [0.05, 0.1) is 18.3 Å². The molecule has 0 saturated carbocycles. The van der Waals surface area contributed by atoms with Crippen molar-refractivity contribution in [2.24, 2.45) is 0 Å². The first-order valence-corrected chi connectivity index (χ1v) is 8.92. The number of anilines is 2. The Kier molecular flexibility index (Phi) is 5.67. The molecule has 2 unspecified atom stereocenters. The Labute approximate surface area is 144 Å². The van der Waals surface area contributed by atoms with Crippen LogP contribution in [0.2, 0.25) is 0 Å². The van der Waals surface area contributed by atoms with Gasteiger partial charge in [0.15, 0.2) is 0 Å². The number of hydrogen-bond acceptors (Lipinski definition) is 8. The normalized spacial score (nSPS) is 18.7. The molecule has 11 heteroatoms. The zero-order valence-corrected chi connectivity index (χ0v) is 13.7. The molecule has 1 aromatic rings. The molecule has 1 aromatic heterocycles. The van der Waals surface area contributed by atoms with Crippen molar-refractivity contribution < 1.29 is 29.4 Å². The van der Waals surface area contributed by atoms with E-state index in [9.17, 15) is 19.2 Å². The van der Waals surface area contributed by atoms with Gasteiger partial charge in [0.1, 0.15) is 16.3 Å². The maximum absolute atomic E-state index is 12.3. The number of aromatic nitrogens is 1. The molecule has 0 bridgehead atoms. The average molecular weight is 371 g/mol. The summed E-state index contributed by atoms with van der Waals surface area (Å²) in [6.45, 7) is 0. The topological polar surface area (TPSA) is 151 Å². The fraction of sp³-hybridized carbons (Fsp3) is 0.308. The Morgan fingerprint density at radius 2 is 2.08 bits per heavy atom. The molecular weight excluding hydrogens is 358 g/mol. The van der Waals surface area contributed by atoms with Crippen LogP contribution < -0.4 is 10.6 Å². The van der Waals surface area contributed by atoms with Crippen molar-refractivity contribution in [2.75, 3.05) is 10.6 Å². The Balaban J connectivity index is 2.04. The Morgan fingerprint density at radius 1 is 1.38 bits per heavy atom. The molecule has 1 fully saturated rings. The van der Waals surface area contributed by atoms with Gasteiger partial charge in [-0.2, -0.15) is 0 Å². The quantitative estimate of drug-likeness (QED) is 0.459. The van der Waals surface area contributed by atoms with Crippen molar-refractivity contribution in [3.63, 3.8) is 0 Å². The Hall–Kier alpha value is -2.27. The van der Waals surface area contributed by atoms with Gasteiger partial charge in [0.25, 0.3) is 0 Å². The third kappa shape index (κ3) is 4.17. The number of carboxylic acids is 2. The number of nitrogens with two attached hydrogens (primary N) is 1. The third-order valence-corrected chi connectivity index (χ3v) is 6.07. The number of amides is 2. The Bertz CT molecular complexity index is 681. The van der Waals surface area contributed by atoms with Crippen LogP contribution in [0, 0.1) is 0 Å². The van der Waals surface area contributed by atoms with Crippen molar-refractivity contribution in [3.8, 4) is 0 Å². The van der Waals surface area contributed by atoms with E-state index in [1.165, 1.54) is 18.3 Å². The number of carboxylic acid groups (broad SMARTS) is 2. The van der Waals surface area contributed by atoms with E-state index in [4.69, 9.17) is 15.9 Å². The van der Waals surface area contributed by atoms with Crippen LogP contribution in [0.3, 0.4) is 0 Å². The third-order valence-electron chi connectivity index (χ3n) is 3.03. The van der Waals surface area contributed by atoms with Gasteiger partial charge in [-0.1, -0.05) is 21.6 Å². The number of hydrogen-bond donors (Lipinski definition) is 3. The van der Waals surface area contributed by atoms with Gasteiger partial charge < -0.3 is 15.9 Å². The molecule has 1 aliphatic rings. The van der Waals surface area contributed by atoms with Crippen LogP contribution in [-0.2, 0) is 19.2 Å². The number of carbonyl (C=O) groups is 4. The molecule has 128 valence electrons. The molecular formula is C13H13N3O6S2. The van der Waals surface area contributed by atoms with E-state index in [0.29, 0.717) is 5.69 Å². The first-order valence-electron chi connectivity index (χ1n) is 6.64. The molecule has 2 amide bonds. The minimum Gasteiger partial charge on any atom is -0.481 e. The smallest absolute Gasteiger partial charge is 0.318 e. The second-order valence-corrected chi connectivity index (χ2v) is 7.50. The highest BCUT2D eigenvalue weighted by Gasteiger charge is 2.41. The summed E-state index contributed by atoms with van der Waals surface area (Å²) in [5, 5.41) is 15.7. The van der Waals surface area contributed by atoms with Crippen molar-refractivity contribution in [1.29, 1.82) is 0 Å². The highest BCUT2D eigenvalue weighted by molar-refractivity contribution is 8.77. The summed E-state index contributed by atoms with van der Waals surface area (Å²) < 4.78 is 0. The monoisotopic (exact) mass is 371 g/mol. The number of rotatable bonds is 7. The van der Waals surface area contributed by atoms with Crippen LogP contribution in [0.15, 0.2) is 18.3 Å². The van der Waals surface area contributed by atoms with E-state index in [-0.39, 0.29) is 12.2 Å². The number of imide groups is 1. The van der Waals surface area contributed by atoms with Crippen LogP contribution in [0.1, 0.15) is 12.8 Å². The summed E-state index contributed by atoms with van der Waals surface area (Å²) in [6.07, 6.45) is 0.630. The zero-order valence-electron chi connectivity index (χ0n) is 12.1. The van der Waals surface area contributed by atoms with Gasteiger partial charge in [0.2, 0.25) is 11.8 Å². The van der Waals surface area contributed by atoms with E-state index in [1.807, 2.05) is 0 Å². The van der Waals surface area contributed by atoms with Gasteiger partial charge in [-0.3, -0.25) is 19.2 Å². The number of carbonyl (C=O) groups excluding carboxylic acids is 2. The van der Waals surface area contributed by atoms with Gasteiger partial charge in [-0.05, 0) is 12.1 Å². The predicted molar refractivity (Wildman–Crippen MR) is 88.4 cm³/mol. The molecule has 4 N–H and O–H groups in total. The van der Waals surface area contributed by atoms with Crippen molar-refractivity contribution in [1.82, 2.24) is 4.98 Å². The average Bonchev–Trinajstić information content (AvgIpc) is 2.78. The second kappa shape index (κ2) is 7.53. The number of nitrogen functional groups attached to an aromatic ring is 1. The fourth-order valence-corrected chi connectivity index (χ4v) is 4.57. The van der Waals surface area contributed by atoms with Crippen LogP contribution in [0.25, 0.3) is 0 Å². The largest absolute Gasteiger partial charge is 0.481 e. The number of nitrogens with zero attached hydrogens (tertiary/aromatic N) is 2. The molecule has 1 saturated heterocycles. The fourth-order valence-electron chi connectivity index (χ4n) is 1.90. The number of aliphatic carboxylic acids is 2. The molecule has 2 heterocycles. The molecule has 2 rings (SSSR count). The molecule has 0 aromatic carbocycles. The van der Waals surface area contributed by atoms with Gasteiger partial charge >= 0.3 is 11.9 Å². The molecule has 0 radical (unpaired) electrons. The lowest BCUT2D eigenvalue weighted by Crippen LogP contribution is -2.31. The molecule has 0 aliphatic carbocycles. The van der Waals surface area contributed by atoms with Crippen molar-refractivity contribution >= 4 is 56.8 Å². The minimum absolute atomic E-state index is 0.109. The summed E-state index contributed by atoms with van der Waals surface area (Å²) in [5.41, 5.74) is 5.90. The van der Waals surface area contributed by atoms with Gasteiger partial charge in [-0.15, -0.1) is 0 Å². The van der Waals surface area contributed by atoms with Crippen LogP contribution in [-0.4, -0.2) is 49.4 Å². The zero-order chi connectivity index (χ0) is 17.9. The maximum Gasteiger partial charge on any atom is 0.318 e. The van der Waals surface area contributed by atoms with Crippen molar-refractivity contribution in [3.05, 3.63) is 18.3 Å². The van der Waals surface area contributed by atoms with E-state index < -0.39 is 40.7 Å². The molecule has 1 aliphatic heterocycles. The molecule has 0 spiro atoms. The van der Waals surface area contributed by atoms with E-state index in [0.717, 1.165) is 26.5 Å². The first kappa shape index (κ1) is 18.1. The predicted octanol–water partition coefficient (Wildman–Crippen LogP) is 0.605. The minimum atomic E-state index is -1.29. The van der Waals surface area contributed by atoms with Gasteiger partial charge in [-0.25, -0.2) is 9.88 Å². The van der Waals surface area contributed by atoms with E-state index >= 15 is 0 Å². The standard InChI is InChI=1S/C13H13N3O6S2/c14-6-1-2-9(15-5-6)16-10(17)3-7(12(16)20)23-24-8(13(21)22)4-11(18)19/h1-2,5,7-8H,3-4,14H2,(H,18,19)(H,21,22). The summed E-state index contributed by atoms with van der Waals surface area (Å²) in [6, 6.07) is 2.95. The highest BCUT2D eigenvalue weighted by Crippen LogP contribution is 2.38. The second-order valence-electron chi connectivity index (χ2n) is 4.83. The summed E-state index contributed by atoms with van der Waals surface area (Å²) >= 11 is 0. The van der Waals surface area contributed by atoms with E-state index in [2.05, 4.69) is 4.98 Å². The molecule has 2 atom stereocenters. The first-order chi connectivity index (χ1) is 11.3. The lowest BCUT2D eigenvalue weighted by molar-refractivity contribution is -0.142. The Morgan fingerprint density at radius 3 is 2.62 bits per heavy atom. The van der Waals surface area contributed by atoms with Crippen molar-refractivity contribution in [2.45, 2.75) is 23.3 Å². The van der Waals surface area contributed by atoms with Crippen LogP contribution in [0.5, 0.6) is 0 Å².